The van der Waals surface area contributed by atoms with Gasteiger partial charge in [0.25, 0.3) is 0 Å². The van der Waals surface area contributed by atoms with Crippen LogP contribution in [0.2, 0.25) is 0 Å². The lowest BCUT2D eigenvalue weighted by Crippen LogP contribution is -2.52. The zero-order chi connectivity index (χ0) is 10.9. The summed E-state index contributed by atoms with van der Waals surface area (Å²) in [6.07, 6.45) is 4.04. The lowest BCUT2D eigenvalue weighted by atomic mass is 9.98. The van der Waals surface area contributed by atoms with Gasteiger partial charge in [-0.1, -0.05) is 0 Å². The molecule has 1 unspecified atom stereocenters. The molecule has 1 aliphatic carbocycles. The van der Waals surface area contributed by atoms with Gasteiger partial charge in [0, 0.05) is 12.0 Å². The summed E-state index contributed by atoms with van der Waals surface area (Å²) in [7, 11) is 0. The number of carbonyl (C=O) groups excluding carboxylic acids is 1. The molecule has 0 bridgehead atoms. The van der Waals surface area contributed by atoms with Gasteiger partial charge < -0.3 is 15.7 Å². The van der Waals surface area contributed by atoms with Crippen molar-refractivity contribution in [2.75, 3.05) is 19.7 Å². The average molecular weight is 212 g/mol. The molecule has 4 heteroatoms. The molecule has 0 aromatic carbocycles. The molecular weight excluding hydrogens is 192 g/mol. The second-order valence-electron chi connectivity index (χ2n) is 5.20. The Hall–Kier alpha value is -0.610. The van der Waals surface area contributed by atoms with E-state index < -0.39 is 0 Å². The zero-order valence-electron chi connectivity index (χ0n) is 9.31. The Morgan fingerprint density at radius 3 is 2.67 bits per heavy atom. The predicted molar refractivity (Wildman–Crippen MR) is 57.4 cm³/mol. The predicted octanol–water partition coefficient (Wildman–Crippen LogP) is 0.0172. The fourth-order valence-corrected chi connectivity index (χ4v) is 2.12. The summed E-state index contributed by atoms with van der Waals surface area (Å²) in [5.74, 6) is 0.0831. The molecule has 15 heavy (non-hydrogen) atoms. The second kappa shape index (κ2) is 3.76. The molecular formula is C11H20N2O2. The fraction of sp³-hybridized carbons (Fsp3) is 0.909. The van der Waals surface area contributed by atoms with E-state index in [1.807, 2.05) is 6.92 Å². The van der Waals surface area contributed by atoms with Crippen LogP contribution < -0.4 is 10.6 Å². The van der Waals surface area contributed by atoms with Crippen LogP contribution in [-0.2, 0) is 4.79 Å². The Kier molecular flexibility index (Phi) is 2.73. The minimum Gasteiger partial charge on any atom is -0.396 e. The van der Waals surface area contributed by atoms with Gasteiger partial charge in [0.05, 0.1) is 12.1 Å². The average Bonchev–Trinajstić information content (AvgIpc) is 2.90. The minimum absolute atomic E-state index is 0.00459. The van der Waals surface area contributed by atoms with E-state index in [4.69, 9.17) is 5.11 Å². The molecule has 4 nitrogen and oxygen atoms in total. The summed E-state index contributed by atoms with van der Waals surface area (Å²) >= 11 is 0. The van der Waals surface area contributed by atoms with Gasteiger partial charge in [0.2, 0.25) is 5.91 Å². The maximum absolute atomic E-state index is 11.9. The van der Waals surface area contributed by atoms with E-state index >= 15 is 0 Å². The van der Waals surface area contributed by atoms with Crippen molar-refractivity contribution in [3.8, 4) is 0 Å². The number of hydrogen-bond donors (Lipinski definition) is 3. The van der Waals surface area contributed by atoms with Crippen molar-refractivity contribution >= 4 is 5.91 Å². The fourth-order valence-electron chi connectivity index (χ4n) is 2.12. The van der Waals surface area contributed by atoms with E-state index in [1.54, 1.807) is 0 Å². The van der Waals surface area contributed by atoms with Gasteiger partial charge in [-0.25, -0.2) is 0 Å². The highest BCUT2D eigenvalue weighted by atomic mass is 16.3. The Bertz CT molecular complexity index is 255. The Labute approximate surface area is 90.4 Å². The summed E-state index contributed by atoms with van der Waals surface area (Å²) in [5.41, 5.74) is -0.379. The van der Waals surface area contributed by atoms with Crippen LogP contribution in [0.15, 0.2) is 0 Å². The highest BCUT2D eigenvalue weighted by Gasteiger charge is 2.43. The molecule has 2 fully saturated rings. The SMILES string of the molecule is CC1(C(=O)NCC2(CO)CC2)CCCN1. The summed E-state index contributed by atoms with van der Waals surface area (Å²) in [4.78, 5) is 11.9. The molecule has 0 spiro atoms. The second-order valence-corrected chi connectivity index (χ2v) is 5.20. The van der Waals surface area contributed by atoms with Crippen molar-refractivity contribution in [1.82, 2.24) is 10.6 Å². The van der Waals surface area contributed by atoms with E-state index in [-0.39, 0.29) is 23.5 Å². The number of hydrogen-bond acceptors (Lipinski definition) is 3. The molecule has 2 rings (SSSR count). The Morgan fingerprint density at radius 1 is 1.47 bits per heavy atom. The van der Waals surface area contributed by atoms with Crippen molar-refractivity contribution in [2.45, 2.75) is 38.1 Å². The highest BCUT2D eigenvalue weighted by molar-refractivity contribution is 5.86. The first-order valence-electron chi connectivity index (χ1n) is 5.75. The van der Waals surface area contributed by atoms with Crippen LogP contribution in [-0.4, -0.2) is 36.2 Å². The van der Waals surface area contributed by atoms with Crippen LogP contribution in [0.1, 0.15) is 32.6 Å². The van der Waals surface area contributed by atoms with Crippen molar-refractivity contribution < 1.29 is 9.90 Å². The van der Waals surface area contributed by atoms with E-state index in [2.05, 4.69) is 10.6 Å². The summed E-state index contributed by atoms with van der Waals surface area (Å²) in [6, 6.07) is 0. The molecule has 1 aliphatic heterocycles. The largest absolute Gasteiger partial charge is 0.396 e. The molecule has 0 aromatic rings. The van der Waals surface area contributed by atoms with Crippen LogP contribution in [0.4, 0.5) is 0 Å². The summed E-state index contributed by atoms with van der Waals surface area (Å²) in [6.45, 7) is 3.69. The van der Waals surface area contributed by atoms with Crippen LogP contribution in [0.3, 0.4) is 0 Å². The van der Waals surface area contributed by atoms with Gasteiger partial charge in [0.15, 0.2) is 0 Å². The number of aliphatic hydroxyl groups excluding tert-OH is 1. The smallest absolute Gasteiger partial charge is 0.240 e. The first-order valence-corrected chi connectivity index (χ1v) is 5.75. The summed E-state index contributed by atoms with van der Waals surface area (Å²) in [5, 5.41) is 15.3. The van der Waals surface area contributed by atoms with E-state index in [0.717, 1.165) is 32.2 Å². The van der Waals surface area contributed by atoms with E-state index in [0.29, 0.717) is 6.54 Å². The number of rotatable bonds is 4. The van der Waals surface area contributed by atoms with E-state index in [9.17, 15) is 4.79 Å². The van der Waals surface area contributed by atoms with Gasteiger partial charge in [-0.3, -0.25) is 4.79 Å². The molecule has 0 aromatic heterocycles. The number of aliphatic hydroxyl groups is 1. The number of nitrogens with one attached hydrogen (secondary N) is 2. The quantitative estimate of drug-likeness (QED) is 0.615. The highest BCUT2D eigenvalue weighted by Crippen LogP contribution is 2.44. The first kappa shape index (κ1) is 10.9. The minimum atomic E-state index is -0.383. The molecule has 1 saturated carbocycles. The summed E-state index contributed by atoms with van der Waals surface area (Å²) < 4.78 is 0. The molecule has 1 atom stereocenters. The lowest BCUT2D eigenvalue weighted by molar-refractivity contribution is -0.126. The number of carbonyl (C=O) groups is 1. The van der Waals surface area contributed by atoms with Gasteiger partial charge in [-0.2, -0.15) is 0 Å². The Morgan fingerprint density at radius 2 is 2.20 bits per heavy atom. The topological polar surface area (TPSA) is 61.4 Å². The van der Waals surface area contributed by atoms with Crippen LogP contribution in [0.25, 0.3) is 0 Å². The molecule has 1 heterocycles. The van der Waals surface area contributed by atoms with Gasteiger partial charge >= 0.3 is 0 Å². The van der Waals surface area contributed by atoms with E-state index in [1.165, 1.54) is 0 Å². The standard InChI is InChI=1S/C11H20N2O2/c1-10(3-2-6-13-10)9(15)12-7-11(8-14)4-5-11/h13-14H,2-8H2,1H3,(H,12,15). The number of amides is 1. The maximum atomic E-state index is 11.9. The lowest BCUT2D eigenvalue weighted by Gasteiger charge is -2.24. The molecule has 86 valence electrons. The molecule has 1 saturated heterocycles. The molecule has 0 radical (unpaired) electrons. The maximum Gasteiger partial charge on any atom is 0.240 e. The van der Waals surface area contributed by atoms with Gasteiger partial charge in [-0.15, -0.1) is 0 Å². The van der Waals surface area contributed by atoms with Crippen LogP contribution in [0, 0.1) is 5.41 Å². The monoisotopic (exact) mass is 212 g/mol. The molecule has 1 amide bonds. The van der Waals surface area contributed by atoms with Crippen LogP contribution in [0.5, 0.6) is 0 Å². The third-order valence-electron chi connectivity index (χ3n) is 3.79. The van der Waals surface area contributed by atoms with Crippen LogP contribution >= 0.6 is 0 Å². The van der Waals surface area contributed by atoms with Crippen molar-refractivity contribution in [2.24, 2.45) is 5.41 Å². The Balaban J connectivity index is 1.82. The van der Waals surface area contributed by atoms with Crippen molar-refractivity contribution in [3.05, 3.63) is 0 Å². The van der Waals surface area contributed by atoms with Crippen molar-refractivity contribution in [3.63, 3.8) is 0 Å². The van der Waals surface area contributed by atoms with Gasteiger partial charge in [-0.05, 0) is 39.2 Å². The molecule has 3 N–H and O–H groups in total. The normalized spacial score (nSPS) is 32.7. The molecule has 2 aliphatic rings. The van der Waals surface area contributed by atoms with Crippen molar-refractivity contribution in [1.29, 1.82) is 0 Å². The third kappa shape index (κ3) is 2.16. The van der Waals surface area contributed by atoms with Gasteiger partial charge in [0.1, 0.15) is 0 Å². The zero-order valence-corrected chi connectivity index (χ0v) is 9.31. The first-order chi connectivity index (χ1) is 7.10. The third-order valence-corrected chi connectivity index (χ3v) is 3.79.